The van der Waals surface area contributed by atoms with Crippen molar-refractivity contribution in [1.29, 1.82) is 0 Å². The van der Waals surface area contributed by atoms with Crippen LogP contribution >= 0.6 is 0 Å². The number of aromatic nitrogens is 2. The van der Waals surface area contributed by atoms with Crippen molar-refractivity contribution in [3.63, 3.8) is 0 Å². The highest BCUT2D eigenvalue weighted by Crippen LogP contribution is 2.08. The summed E-state index contributed by atoms with van der Waals surface area (Å²) in [7, 11) is 0. The van der Waals surface area contributed by atoms with Crippen LogP contribution in [0, 0.1) is 0 Å². The van der Waals surface area contributed by atoms with Gasteiger partial charge in [0.2, 0.25) is 0 Å². The largest absolute Gasteiger partial charge is 0.477 e. The van der Waals surface area contributed by atoms with E-state index in [1.165, 1.54) is 0 Å². The fourth-order valence-corrected chi connectivity index (χ4v) is 1.22. The first-order valence-corrected chi connectivity index (χ1v) is 4.61. The Kier molecular flexibility index (Phi) is 3.64. The first kappa shape index (κ1) is 10.7. The minimum absolute atomic E-state index is 0.00129. The fourth-order valence-electron chi connectivity index (χ4n) is 1.22. The van der Waals surface area contributed by atoms with Crippen LogP contribution in [0.1, 0.15) is 41.8 Å². The molecule has 0 aliphatic carbocycles. The van der Waals surface area contributed by atoms with Gasteiger partial charge in [0.1, 0.15) is 11.5 Å². The maximum absolute atomic E-state index is 10.7. The molecule has 14 heavy (non-hydrogen) atoms. The second-order valence-electron chi connectivity index (χ2n) is 3.07. The Labute approximate surface area is 81.8 Å². The van der Waals surface area contributed by atoms with Crippen molar-refractivity contribution >= 4 is 5.97 Å². The zero-order chi connectivity index (χ0) is 10.6. The number of aromatic amines is 1. The van der Waals surface area contributed by atoms with Crippen LogP contribution in [-0.4, -0.2) is 26.2 Å². The molecule has 1 aromatic rings. The standard InChI is InChI=1S/C9H14N2O3/c1-2-3-4-7-10-6(5-12)8(11-7)9(13)14/h12H,2-5H2,1H3,(H,10,11)(H,13,14). The maximum Gasteiger partial charge on any atom is 0.354 e. The molecule has 0 aromatic carbocycles. The lowest BCUT2D eigenvalue weighted by Gasteiger charge is -1.91. The Hall–Kier alpha value is -1.36. The van der Waals surface area contributed by atoms with E-state index in [1.54, 1.807) is 0 Å². The van der Waals surface area contributed by atoms with Gasteiger partial charge in [0.15, 0.2) is 0 Å². The summed E-state index contributed by atoms with van der Waals surface area (Å²) in [6, 6.07) is 0. The number of carboxylic acids is 1. The molecule has 0 saturated heterocycles. The van der Waals surface area contributed by atoms with Crippen LogP contribution in [0.15, 0.2) is 0 Å². The van der Waals surface area contributed by atoms with Gasteiger partial charge in [-0.3, -0.25) is 0 Å². The summed E-state index contributed by atoms with van der Waals surface area (Å²) in [5.41, 5.74) is 0.210. The second-order valence-corrected chi connectivity index (χ2v) is 3.07. The molecule has 0 atom stereocenters. The maximum atomic E-state index is 10.7. The van der Waals surface area contributed by atoms with Crippen LogP contribution in [0.4, 0.5) is 0 Å². The van der Waals surface area contributed by atoms with Gasteiger partial charge >= 0.3 is 5.97 Å². The van der Waals surface area contributed by atoms with Crippen LogP contribution in [0.2, 0.25) is 0 Å². The van der Waals surface area contributed by atoms with Gasteiger partial charge < -0.3 is 15.2 Å². The third-order valence-corrected chi connectivity index (χ3v) is 1.96. The number of H-pyrrole nitrogens is 1. The number of nitrogens with one attached hydrogen (secondary N) is 1. The molecule has 0 bridgehead atoms. The van der Waals surface area contributed by atoms with E-state index in [9.17, 15) is 4.79 Å². The lowest BCUT2D eigenvalue weighted by Crippen LogP contribution is -2.01. The van der Waals surface area contributed by atoms with E-state index >= 15 is 0 Å². The van der Waals surface area contributed by atoms with Crippen LogP contribution in [-0.2, 0) is 13.0 Å². The van der Waals surface area contributed by atoms with Crippen molar-refractivity contribution in [2.75, 3.05) is 0 Å². The molecule has 3 N–H and O–H groups in total. The Morgan fingerprint density at radius 3 is 2.71 bits per heavy atom. The molecule has 0 fully saturated rings. The third kappa shape index (κ3) is 2.32. The molecular weight excluding hydrogens is 184 g/mol. The number of aliphatic hydroxyl groups is 1. The zero-order valence-electron chi connectivity index (χ0n) is 8.08. The number of aryl methyl sites for hydroxylation is 1. The number of carbonyl (C=O) groups is 1. The fraction of sp³-hybridized carbons (Fsp3) is 0.556. The van der Waals surface area contributed by atoms with Gasteiger partial charge in [0, 0.05) is 6.42 Å². The molecule has 0 radical (unpaired) electrons. The van der Waals surface area contributed by atoms with Crippen molar-refractivity contribution in [2.24, 2.45) is 0 Å². The van der Waals surface area contributed by atoms with E-state index in [-0.39, 0.29) is 18.0 Å². The first-order valence-electron chi connectivity index (χ1n) is 4.61. The Balaban J connectivity index is 2.83. The Morgan fingerprint density at radius 1 is 1.57 bits per heavy atom. The van der Waals surface area contributed by atoms with E-state index in [2.05, 4.69) is 9.97 Å². The van der Waals surface area contributed by atoms with E-state index in [1.807, 2.05) is 6.92 Å². The van der Waals surface area contributed by atoms with E-state index < -0.39 is 5.97 Å². The molecule has 1 rings (SSSR count). The van der Waals surface area contributed by atoms with Crippen molar-refractivity contribution in [3.05, 3.63) is 17.2 Å². The molecule has 0 aliphatic heterocycles. The summed E-state index contributed by atoms with van der Waals surface area (Å²) in [4.78, 5) is 17.4. The van der Waals surface area contributed by atoms with Gasteiger partial charge in [0.05, 0.1) is 12.3 Å². The molecule has 78 valence electrons. The minimum atomic E-state index is -1.08. The minimum Gasteiger partial charge on any atom is -0.477 e. The summed E-state index contributed by atoms with van der Waals surface area (Å²) in [6.45, 7) is 1.71. The van der Waals surface area contributed by atoms with Gasteiger partial charge in [-0.15, -0.1) is 0 Å². The van der Waals surface area contributed by atoms with Gasteiger partial charge in [-0.05, 0) is 6.42 Å². The number of hydrogen-bond donors (Lipinski definition) is 3. The lowest BCUT2D eigenvalue weighted by atomic mass is 10.2. The Morgan fingerprint density at radius 2 is 2.29 bits per heavy atom. The molecule has 0 saturated carbocycles. The first-order chi connectivity index (χ1) is 6.69. The highest BCUT2D eigenvalue weighted by Gasteiger charge is 2.14. The topological polar surface area (TPSA) is 86.2 Å². The quantitative estimate of drug-likeness (QED) is 0.657. The predicted octanol–water partition coefficient (Wildman–Crippen LogP) is 0.943. The lowest BCUT2D eigenvalue weighted by molar-refractivity contribution is 0.0687. The van der Waals surface area contributed by atoms with Crippen LogP contribution in [0.3, 0.4) is 0 Å². The number of imidazole rings is 1. The summed E-state index contributed by atoms with van der Waals surface area (Å²) in [5.74, 6) is -0.447. The van der Waals surface area contributed by atoms with E-state index in [0.29, 0.717) is 5.82 Å². The number of aliphatic hydroxyl groups excluding tert-OH is 1. The molecule has 0 amide bonds. The number of carboxylic acid groups (broad SMARTS) is 1. The second kappa shape index (κ2) is 4.76. The average Bonchev–Trinajstić information content (AvgIpc) is 2.57. The normalized spacial score (nSPS) is 10.4. The summed E-state index contributed by atoms with van der Waals surface area (Å²) in [6.07, 6.45) is 2.70. The predicted molar refractivity (Wildman–Crippen MR) is 50.1 cm³/mol. The van der Waals surface area contributed by atoms with Crippen molar-refractivity contribution in [1.82, 2.24) is 9.97 Å². The molecule has 1 aromatic heterocycles. The summed E-state index contributed by atoms with van der Waals surface area (Å²) >= 11 is 0. The van der Waals surface area contributed by atoms with Crippen molar-refractivity contribution in [3.8, 4) is 0 Å². The SMILES string of the molecule is CCCCc1nc(CO)c(C(=O)O)[nH]1. The zero-order valence-corrected chi connectivity index (χ0v) is 8.08. The number of unbranched alkanes of at least 4 members (excludes halogenated alkanes) is 1. The highest BCUT2D eigenvalue weighted by molar-refractivity contribution is 5.86. The van der Waals surface area contributed by atoms with Crippen LogP contribution < -0.4 is 0 Å². The molecule has 5 nitrogen and oxygen atoms in total. The summed E-state index contributed by atoms with van der Waals surface area (Å²) in [5, 5.41) is 17.6. The molecule has 5 heteroatoms. The van der Waals surface area contributed by atoms with Gasteiger partial charge in [0.25, 0.3) is 0 Å². The van der Waals surface area contributed by atoms with Crippen LogP contribution in [0.25, 0.3) is 0 Å². The van der Waals surface area contributed by atoms with E-state index in [0.717, 1.165) is 19.3 Å². The van der Waals surface area contributed by atoms with Gasteiger partial charge in [-0.25, -0.2) is 9.78 Å². The van der Waals surface area contributed by atoms with Crippen molar-refractivity contribution < 1.29 is 15.0 Å². The molecule has 0 unspecified atom stereocenters. The smallest absolute Gasteiger partial charge is 0.354 e. The highest BCUT2D eigenvalue weighted by atomic mass is 16.4. The Bertz CT molecular complexity index is 320. The molecule has 0 aliphatic rings. The number of aromatic carboxylic acids is 1. The van der Waals surface area contributed by atoms with Gasteiger partial charge in [-0.1, -0.05) is 13.3 Å². The van der Waals surface area contributed by atoms with E-state index in [4.69, 9.17) is 10.2 Å². The number of rotatable bonds is 5. The third-order valence-electron chi connectivity index (χ3n) is 1.96. The molecule has 0 spiro atoms. The molecule has 1 heterocycles. The van der Waals surface area contributed by atoms with Gasteiger partial charge in [-0.2, -0.15) is 0 Å². The average molecular weight is 198 g/mol. The molecular formula is C9H14N2O3. The number of hydrogen-bond acceptors (Lipinski definition) is 3. The van der Waals surface area contributed by atoms with Crippen LogP contribution in [0.5, 0.6) is 0 Å². The summed E-state index contributed by atoms with van der Waals surface area (Å²) < 4.78 is 0. The van der Waals surface area contributed by atoms with Crippen molar-refractivity contribution in [2.45, 2.75) is 32.8 Å². The monoisotopic (exact) mass is 198 g/mol. The number of nitrogens with zero attached hydrogens (tertiary/aromatic N) is 1.